The predicted molar refractivity (Wildman–Crippen MR) is 72.0 cm³/mol. The molecule has 22 heavy (non-hydrogen) atoms. The van der Waals surface area contributed by atoms with Gasteiger partial charge in [0, 0.05) is 0 Å². The Morgan fingerprint density at radius 2 is 1.68 bits per heavy atom. The van der Waals surface area contributed by atoms with Crippen LogP contribution in [0.2, 0.25) is 0 Å². The van der Waals surface area contributed by atoms with Crippen molar-refractivity contribution >= 4 is 12.6 Å². The number of alkyl halides is 3. The summed E-state index contributed by atoms with van der Waals surface area (Å²) < 4.78 is 57.5. The Bertz CT molecular complexity index is 645. The maximum Gasteiger partial charge on any atom is 0.489 e. The third-order valence-electron chi connectivity index (χ3n) is 2.92. The van der Waals surface area contributed by atoms with Crippen molar-refractivity contribution in [3.8, 4) is 5.75 Å². The van der Waals surface area contributed by atoms with E-state index in [1.807, 2.05) is 0 Å². The van der Waals surface area contributed by atoms with E-state index < -0.39 is 35.9 Å². The molecule has 0 heterocycles. The second-order valence-corrected chi connectivity index (χ2v) is 4.52. The second-order valence-electron chi connectivity index (χ2n) is 4.52. The summed E-state index contributed by atoms with van der Waals surface area (Å²) in [4.78, 5) is 0. The van der Waals surface area contributed by atoms with Gasteiger partial charge in [0.1, 0.15) is 6.61 Å². The largest absolute Gasteiger partial charge is 0.489 e. The highest BCUT2D eigenvalue weighted by Gasteiger charge is 2.37. The summed E-state index contributed by atoms with van der Waals surface area (Å²) in [5.41, 5.74) is -1.66. The zero-order valence-corrected chi connectivity index (χ0v) is 11.1. The van der Waals surface area contributed by atoms with Gasteiger partial charge in [0.15, 0.2) is 11.6 Å². The third-order valence-corrected chi connectivity index (χ3v) is 2.92. The predicted octanol–water partition coefficient (Wildman–Crippen LogP) is 2.10. The lowest BCUT2D eigenvalue weighted by molar-refractivity contribution is -0.137. The molecule has 0 aliphatic heterocycles. The molecule has 0 atom stereocenters. The number of rotatable bonds is 4. The first kappa shape index (κ1) is 16.3. The molecule has 2 rings (SSSR count). The first-order valence-electron chi connectivity index (χ1n) is 6.22. The Morgan fingerprint density at radius 3 is 2.23 bits per heavy atom. The zero-order valence-electron chi connectivity index (χ0n) is 11.1. The fourth-order valence-electron chi connectivity index (χ4n) is 1.87. The van der Waals surface area contributed by atoms with Crippen LogP contribution in [0.1, 0.15) is 11.1 Å². The molecular weight excluding hydrogens is 303 g/mol. The summed E-state index contributed by atoms with van der Waals surface area (Å²) in [5.74, 6) is -1.72. The van der Waals surface area contributed by atoms with Crippen LogP contribution in [0.15, 0.2) is 42.5 Å². The van der Waals surface area contributed by atoms with Gasteiger partial charge in [-0.2, -0.15) is 13.2 Å². The first-order chi connectivity index (χ1) is 10.3. The summed E-state index contributed by atoms with van der Waals surface area (Å²) in [6.07, 6.45) is -4.86. The van der Waals surface area contributed by atoms with Crippen molar-refractivity contribution in [3.05, 3.63) is 59.4 Å². The summed E-state index contributed by atoms with van der Waals surface area (Å²) in [5, 5.41) is 17.9. The van der Waals surface area contributed by atoms with Gasteiger partial charge in [-0.1, -0.05) is 30.3 Å². The van der Waals surface area contributed by atoms with Gasteiger partial charge in [-0.25, -0.2) is 4.39 Å². The summed E-state index contributed by atoms with van der Waals surface area (Å²) in [6.45, 7) is -0.115. The smallest absolute Gasteiger partial charge is 0.486 e. The summed E-state index contributed by atoms with van der Waals surface area (Å²) >= 11 is 0. The van der Waals surface area contributed by atoms with Crippen LogP contribution in [0.5, 0.6) is 5.75 Å². The van der Waals surface area contributed by atoms with Crippen molar-refractivity contribution in [2.45, 2.75) is 12.8 Å². The molecule has 0 aliphatic carbocycles. The van der Waals surface area contributed by atoms with Crippen LogP contribution in [0.3, 0.4) is 0 Å². The van der Waals surface area contributed by atoms with E-state index in [-0.39, 0.29) is 6.61 Å². The van der Waals surface area contributed by atoms with E-state index in [1.54, 1.807) is 30.3 Å². The molecule has 0 fully saturated rings. The molecule has 0 spiro atoms. The van der Waals surface area contributed by atoms with Crippen LogP contribution in [-0.4, -0.2) is 17.2 Å². The molecule has 3 nitrogen and oxygen atoms in total. The molecule has 0 aliphatic rings. The second kappa shape index (κ2) is 6.37. The topological polar surface area (TPSA) is 49.7 Å². The molecule has 0 saturated heterocycles. The number of hydrogen-bond donors (Lipinski definition) is 2. The van der Waals surface area contributed by atoms with Crippen molar-refractivity contribution in [2.24, 2.45) is 0 Å². The minimum Gasteiger partial charge on any atom is -0.486 e. The first-order valence-corrected chi connectivity index (χ1v) is 6.22. The minimum absolute atomic E-state index is 0.115. The number of benzene rings is 2. The highest BCUT2D eigenvalue weighted by Crippen LogP contribution is 2.32. The molecule has 0 saturated carbocycles. The van der Waals surface area contributed by atoms with Gasteiger partial charge >= 0.3 is 13.3 Å². The molecule has 116 valence electrons. The summed E-state index contributed by atoms with van der Waals surface area (Å²) in [6, 6.07) is 9.36. The molecule has 0 bridgehead atoms. The van der Waals surface area contributed by atoms with Crippen LogP contribution < -0.4 is 10.2 Å². The lowest BCUT2D eigenvalue weighted by Crippen LogP contribution is -2.36. The van der Waals surface area contributed by atoms with Crippen molar-refractivity contribution in [2.75, 3.05) is 0 Å². The maximum absolute atomic E-state index is 13.8. The number of ether oxygens (including phenoxy) is 1. The van der Waals surface area contributed by atoms with E-state index in [1.165, 1.54) is 0 Å². The number of halogens is 4. The lowest BCUT2D eigenvalue weighted by Gasteiger charge is -2.15. The number of hydrogen-bond acceptors (Lipinski definition) is 3. The quantitative estimate of drug-likeness (QED) is 0.671. The highest BCUT2D eigenvalue weighted by molar-refractivity contribution is 6.59. The molecule has 0 unspecified atom stereocenters. The Kier molecular flexibility index (Phi) is 4.73. The van der Waals surface area contributed by atoms with Crippen LogP contribution in [0, 0.1) is 5.82 Å². The van der Waals surface area contributed by atoms with Crippen molar-refractivity contribution in [1.82, 2.24) is 0 Å². The average Bonchev–Trinajstić information content (AvgIpc) is 2.45. The van der Waals surface area contributed by atoms with Gasteiger partial charge in [-0.3, -0.25) is 0 Å². The minimum atomic E-state index is -4.86. The Balaban J connectivity index is 2.32. The van der Waals surface area contributed by atoms with Crippen LogP contribution in [-0.2, 0) is 12.8 Å². The van der Waals surface area contributed by atoms with E-state index >= 15 is 0 Å². The van der Waals surface area contributed by atoms with Crippen LogP contribution >= 0.6 is 0 Å². The van der Waals surface area contributed by atoms with Crippen molar-refractivity contribution in [3.63, 3.8) is 0 Å². The third kappa shape index (κ3) is 3.77. The molecule has 0 amide bonds. The van der Waals surface area contributed by atoms with Gasteiger partial charge in [0.2, 0.25) is 0 Å². The SMILES string of the molecule is OB(O)c1cc(F)c(OCc2ccccc2)cc1C(F)(F)F. The van der Waals surface area contributed by atoms with E-state index in [0.717, 1.165) is 0 Å². The maximum atomic E-state index is 13.8. The van der Waals surface area contributed by atoms with Crippen molar-refractivity contribution in [1.29, 1.82) is 0 Å². The van der Waals surface area contributed by atoms with E-state index in [9.17, 15) is 17.6 Å². The van der Waals surface area contributed by atoms with Crippen LogP contribution in [0.25, 0.3) is 0 Å². The molecular formula is C14H11BF4O3. The van der Waals surface area contributed by atoms with Gasteiger partial charge in [0.05, 0.1) is 5.56 Å². The molecule has 0 radical (unpaired) electrons. The Morgan fingerprint density at radius 1 is 1.05 bits per heavy atom. The van der Waals surface area contributed by atoms with Gasteiger partial charge in [-0.15, -0.1) is 0 Å². The monoisotopic (exact) mass is 314 g/mol. The van der Waals surface area contributed by atoms with Gasteiger partial charge in [-0.05, 0) is 23.2 Å². The molecule has 8 heteroatoms. The lowest BCUT2D eigenvalue weighted by atomic mass is 9.76. The molecule has 2 aromatic carbocycles. The van der Waals surface area contributed by atoms with E-state index in [4.69, 9.17) is 14.8 Å². The molecule has 2 aromatic rings. The molecule has 2 N–H and O–H groups in total. The van der Waals surface area contributed by atoms with Gasteiger partial charge in [0.25, 0.3) is 0 Å². The van der Waals surface area contributed by atoms with Gasteiger partial charge < -0.3 is 14.8 Å². The fourth-order valence-corrected chi connectivity index (χ4v) is 1.87. The van der Waals surface area contributed by atoms with E-state index in [0.29, 0.717) is 17.7 Å². The standard InChI is InChI=1S/C14H11BF4O3/c16-12-7-11(15(20)21)10(14(17,18)19)6-13(12)22-8-9-4-2-1-3-5-9/h1-7,20-21H,8H2. The fraction of sp³-hybridized carbons (Fsp3) is 0.143. The molecule has 0 aromatic heterocycles. The highest BCUT2D eigenvalue weighted by atomic mass is 19.4. The van der Waals surface area contributed by atoms with E-state index in [2.05, 4.69) is 0 Å². The normalized spacial score (nSPS) is 11.4. The van der Waals surface area contributed by atoms with Crippen molar-refractivity contribution < 1.29 is 32.3 Å². The Hall–Kier alpha value is -2.06. The summed E-state index contributed by atoms with van der Waals surface area (Å²) in [7, 11) is -2.44. The Labute approximate surface area is 123 Å². The van der Waals surface area contributed by atoms with Crippen LogP contribution in [0.4, 0.5) is 17.6 Å². The average molecular weight is 314 g/mol. The zero-order chi connectivity index (χ0) is 16.3.